The molecule has 0 radical (unpaired) electrons. The first kappa shape index (κ1) is 13.0. The van der Waals surface area contributed by atoms with Crippen LogP contribution in [0.15, 0.2) is 54.6 Å². The maximum atomic E-state index is 9.24. The summed E-state index contributed by atoms with van der Waals surface area (Å²) in [5.41, 5.74) is 1.98. The molecule has 0 amide bonds. The number of nitriles is 1. The van der Waals surface area contributed by atoms with Crippen molar-refractivity contribution in [2.24, 2.45) is 0 Å². The van der Waals surface area contributed by atoms with Gasteiger partial charge in [-0.1, -0.05) is 36.4 Å². The van der Waals surface area contributed by atoms with E-state index in [9.17, 15) is 5.26 Å². The Morgan fingerprint density at radius 2 is 1.95 bits per heavy atom. The average Bonchev–Trinajstić information content (AvgIpc) is 2.49. The largest absolute Gasteiger partial charge is 0.497 e. The smallest absolute Gasteiger partial charge is 0.120 e. The first-order chi connectivity index (χ1) is 9.33. The molecule has 0 saturated carbocycles. The van der Waals surface area contributed by atoms with Gasteiger partial charge >= 0.3 is 0 Å². The molecule has 0 spiro atoms. The van der Waals surface area contributed by atoms with Gasteiger partial charge in [-0.15, -0.1) is 0 Å². The third kappa shape index (κ3) is 3.49. The minimum absolute atomic E-state index is 0.160. The van der Waals surface area contributed by atoms with E-state index in [-0.39, 0.29) is 5.92 Å². The highest BCUT2D eigenvalue weighted by atomic mass is 16.5. The maximum Gasteiger partial charge on any atom is 0.120 e. The Kier molecular flexibility index (Phi) is 4.41. The number of nitrogens with zero attached hydrogens (tertiary/aromatic N) is 1. The molecule has 1 unspecified atom stereocenters. The molecule has 19 heavy (non-hydrogen) atoms. The van der Waals surface area contributed by atoms with Crippen LogP contribution < -0.4 is 10.1 Å². The Balaban J connectivity index is 2.02. The van der Waals surface area contributed by atoms with Gasteiger partial charge in [0.2, 0.25) is 0 Å². The summed E-state index contributed by atoms with van der Waals surface area (Å²) in [6.07, 6.45) is 0. The van der Waals surface area contributed by atoms with E-state index in [4.69, 9.17) is 4.74 Å². The number of hydrogen-bond acceptors (Lipinski definition) is 3. The quantitative estimate of drug-likeness (QED) is 0.886. The van der Waals surface area contributed by atoms with Crippen LogP contribution in [0.3, 0.4) is 0 Å². The number of ether oxygens (including phenoxy) is 1. The zero-order valence-electron chi connectivity index (χ0n) is 10.8. The number of hydrogen-bond donors (Lipinski definition) is 1. The lowest BCUT2D eigenvalue weighted by molar-refractivity contribution is 0.415. The number of anilines is 1. The van der Waals surface area contributed by atoms with E-state index >= 15 is 0 Å². The van der Waals surface area contributed by atoms with Gasteiger partial charge in [-0.05, 0) is 17.7 Å². The van der Waals surface area contributed by atoms with Crippen LogP contribution in [0.4, 0.5) is 5.69 Å². The molecule has 0 aromatic heterocycles. The van der Waals surface area contributed by atoms with E-state index in [2.05, 4.69) is 11.4 Å². The Bertz CT molecular complexity index is 560. The van der Waals surface area contributed by atoms with Crippen LogP contribution in [0, 0.1) is 11.3 Å². The van der Waals surface area contributed by atoms with Crippen molar-refractivity contribution in [3.8, 4) is 11.8 Å². The van der Waals surface area contributed by atoms with E-state index in [1.54, 1.807) is 7.11 Å². The summed E-state index contributed by atoms with van der Waals surface area (Å²) in [7, 11) is 1.64. The van der Waals surface area contributed by atoms with Gasteiger partial charge in [-0.25, -0.2) is 0 Å². The number of rotatable bonds is 5. The highest BCUT2D eigenvalue weighted by molar-refractivity contribution is 5.48. The summed E-state index contributed by atoms with van der Waals surface area (Å²) >= 11 is 0. The van der Waals surface area contributed by atoms with Crippen LogP contribution in [0.1, 0.15) is 11.5 Å². The zero-order valence-corrected chi connectivity index (χ0v) is 10.8. The van der Waals surface area contributed by atoms with Crippen molar-refractivity contribution < 1.29 is 4.74 Å². The molecule has 3 nitrogen and oxygen atoms in total. The Labute approximate surface area is 113 Å². The summed E-state index contributed by atoms with van der Waals surface area (Å²) in [6, 6.07) is 19.8. The molecule has 2 rings (SSSR count). The fourth-order valence-corrected chi connectivity index (χ4v) is 1.88. The lowest BCUT2D eigenvalue weighted by Gasteiger charge is -2.12. The van der Waals surface area contributed by atoms with Crippen LogP contribution in [-0.2, 0) is 0 Å². The van der Waals surface area contributed by atoms with Crippen molar-refractivity contribution in [1.29, 1.82) is 5.26 Å². The van der Waals surface area contributed by atoms with Crippen molar-refractivity contribution in [1.82, 2.24) is 0 Å². The second kappa shape index (κ2) is 6.46. The predicted molar refractivity (Wildman–Crippen MR) is 76.3 cm³/mol. The molecule has 96 valence electrons. The molecule has 1 atom stereocenters. The summed E-state index contributed by atoms with van der Waals surface area (Å²) in [5, 5.41) is 12.5. The number of benzene rings is 2. The summed E-state index contributed by atoms with van der Waals surface area (Å²) in [6.45, 7) is 0.577. The van der Waals surface area contributed by atoms with Crippen LogP contribution in [0.2, 0.25) is 0 Å². The van der Waals surface area contributed by atoms with Gasteiger partial charge in [0.1, 0.15) is 5.75 Å². The van der Waals surface area contributed by atoms with Gasteiger partial charge in [0, 0.05) is 18.3 Å². The summed E-state index contributed by atoms with van der Waals surface area (Å²) in [5.74, 6) is 0.644. The first-order valence-electron chi connectivity index (χ1n) is 6.16. The third-order valence-corrected chi connectivity index (χ3v) is 2.94. The maximum absolute atomic E-state index is 9.24. The first-order valence-corrected chi connectivity index (χ1v) is 6.16. The average molecular weight is 252 g/mol. The van der Waals surface area contributed by atoms with E-state index in [0.717, 1.165) is 17.0 Å². The lowest BCUT2D eigenvalue weighted by atomic mass is 10.0. The Hall–Kier alpha value is -2.47. The molecule has 1 N–H and O–H groups in total. The number of nitrogens with one attached hydrogen (secondary N) is 1. The van der Waals surface area contributed by atoms with Gasteiger partial charge in [0.05, 0.1) is 19.1 Å². The van der Waals surface area contributed by atoms with E-state index in [0.29, 0.717) is 6.54 Å². The minimum Gasteiger partial charge on any atom is -0.497 e. The molecular formula is C16H16N2O. The molecular weight excluding hydrogens is 236 g/mol. The standard InChI is InChI=1S/C16H16N2O/c1-19-16-9-5-8-15(10-16)18-12-14(11-17)13-6-3-2-4-7-13/h2-10,14,18H,12H2,1H3. The second-order valence-electron chi connectivity index (χ2n) is 4.21. The van der Waals surface area contributed by atoms with Crippen LogP contribution in [0.25, 0.3) is 0 Å². The van der Waals surface area contributed by atoms with E-state index < -0.39 is 0 Å². The number of methoxy groups -OCH3 is 1. The van der Waals surface area contributed by atoms with Gasteiger partial charge in [0.15, 0.2) is 0 Å². The molecule has 2 aromatic carbocycles. The highest BCUT2D eigenvalue weighted by Gasteiger charge is 2.09. The Morgan fingerprint density at radius 3 is 2.63 bits per heavy atom. The fourth-order valence-electron chi connectivity index (χ4n) is 1.88. The lowest BCUT2D eigenvalue weighted by Crippen LogP contribution is -2.11. The van der Waals surface area contributed by atoms with Crippen molar-refractivity contribution in [3.05, 3.63) is 60.2 Å². The molecule has 3 heteroatoms. The topological polar surface area (TPSA) is 45.0 Å². The van der Waals surface area contributed by atoms with Crippen molar-refractivity contribution in [2.75, 3.05) is 19.0 Å². The molecule has 0 heterocycles. The SMILES string of the molecule is COc1cccc(NCC(C#N)c2ccccc2)c1. The van der Waals surface area contributed by atoms with E-state index in [1.807, 2.05) is 54.6 Å². The molecule has 0 fully saturated rings. The summed E-state index contributed by atoms with van der Waals surface area (Å²) < 4.78 is 5.17. The minimum atomic E-state index is -0.160. The van der Waals surface area contributed by atoms with Crippen LogP contribution in [-0.4, -0.2) is 13.7 Å². The molecule has 0 saturated heterocycles. The fraction of sp³-hybridized carbons (Fsp3) is 0.188. The van der Waals surface area contributed by atoms with Crippen molar-refractivity contribution in [3.63, 3.8) is 0 Å². The normalized spacial score (nSPS) is 11.4. The predicted octanol–water partition coefficient (Wildman–Crippen LogP) is 3.41. The molecule has 0 aliphatic rings. The Morgan fingerprint density at radius 1 is 1.16 bits per heavy atom. The zero-order chi connectivity index (χ0) is 13.5. The van der Waals surface area contributed by atoms with Gasteiger partial charge < -0.3 is 10.1 Å². The monoisotopic (exact) mass is 252 g/mol. The highest BCUT2D eigenvalue weighted by Crippen LogP contribution is 2.19. The van der Waals surface area contributed by atoms with Crippen LogP contribution in [0.5, 0.6) is 5.75 Å². The van der Waals surface area contributed by atoms with E-state index in [1.165, 1.54) is 0 Å². The van der Waals surface area contributed by atoms with Gasteiger partial charge in [0.25, 0.3) is 0 Å². The molecule has 0 bridgehead atoms. The van der Waals surface area contributed by atoms with Gasteiger partial charge in [-0.3, -0.25) is 0 Å². The van der Waals surface area contributed by atoms with Gasteiger partial charge in [-0.2, -0.15) is 5.26 Å². The molecule has 0 aliphatic carbocycles. The molecule has 0 aliphatic heterocycles. The van der Waals surface area contributed by atoms with Crippen LogP contribution >= 0.6 is 0 Å². The molecule has 2 aromatic rings. The van der Waals surface area contributed by atoms with Crippen molar-refractivity contribution >= 4 is 5.69 Å². The third-order valence-electron chi connectivity index (χ3n) is 2.94. The van der Waals surface area contributed by atoms with Crippen molar-refractivity contribution in [2.45, 2.75) is 5.92 Å². The second-order valence-corrected chi connectivity index (χ2v) is 4.21. The summed E-state index contributed by atoms with van der Waals surface area (Å²) in [4.78, 5) is 0.